The number of carbonyl (C=O) groups excluding carboxylic acids is 1. The molecule has 0 saturated carbocycles. The van der Waals surface area contributed by atoms with Crippen molar-refractivity contribution in [2.75, 3.05) is 14.2 Å². The Morgan fingerprint density at radius 3 is 2.86 bits per heavy atom. The van der Waals surface area contributed by atoms with E-state index in [2.05, 4.69) is 25.7 Å². The van der Waals surface area contributed by atoms with E-state index in [-0.39, 0.29) is 12.4 Å². The van der Waals surface area contributed by atoms with Crippen LogP contribution in [0.2, 0.25) is 0 Å². The van der Waals surface area contributed by atoms with Crippen LogP contribution in [0, 0.1) is 0 Å². The summed E-state index contributed by atoms with van der Waals surface area (Å²) in [6.45, 7) is 0. The van der Waals surface area contributed by atoms with Gasteiger partial charge < -0.3 is 9.47 Å². The highest BCUT2D eigenvalue weighted by Gasteiger charge is 2.13. The third-order valence-electron chi connectivity index (χ3n) is 1.70. The Labute approximate surface area is 90.4 Å². The zero-order valence-electron chi connectivity index (χ0n) is 7.91. The second-order valence-electron chi connectivity index (χ2n) is 2.53. The number of nitrogens with zero attached hydrogens (tertiary/aromatic N) is 1. The van der Waals surface area contributed by atoms with Crippen LogP contribution in [-0.4, -0.2) is 25.2 Å². The minimum absolute atomic E-state index is 0.147. The summed E-state index contributed by atoms with van der Waals surface area (Å²) in [4.78, 5) is 15.1. The second-order valence-corrected chi connectivity index (χ2v) is 3.39. The average molecular weight is 260 g/mol. The van der Waals surface area contributed by atoms with Gasteiger partial charge in [0.15, 0.2) is 0 Å². The smallest absolute Gasteiger partial charge is 0.310 e. The van der Waals surface area contributed by atoms with Crippen molar-refractivity contribution in [2.24, 2.45) is 0 Å². The molecule has 0 spiro atoms. The minimum Gasteiger partial charge on any atom is -0.481 e. The van der Waals surface area contributed by atoms with Gasteiger partial charge in [-0.05, 0) is 6.07 Å². The molecule has 0 aliphatic heterocycles. The summed E-state index contributed by atoms with van der Waals surface area (Å²) in [6.07, 6.45) is 1.75. The Morgan fingerprint density at radius 2 is 2.29 bits per heavy atom. The first kappa shape index (κ1) is 11.0. The van der Waals surface area contributed by atoms with Crippen molar-refractivity contribution in [1.82, 2.24) is 4.98 Å². The summed E-state index contributed by atoms with van der Waals surface area (Å²) in [5, 5.41) is 0. The highest BCUT2D eigenvalue weighted by atomic mass is 79.9. The summed E-state index contributed by atoms with van der Waals surface area (Å²) >= 11 is 3.32. The van der Waals surface area contributed by atoms with Gasteiger partial charge in [0.25, 0.3) is 0 Å². The first-order chi connectivity index (χ1) is 6.69. The van der Waals surface area contributed by atoms with Crippen molar-refractivity contribution in [3.63, 3.8) is 0 Å². The SMILES string of the molecule is COC(=O)Cc1c(Br)ccnc1OC. The first-order valence-corrected chi connectivity index (χ1v) is 4.72. The lowest BCUT2D eigenvalue weighted by molar-refractivity contribution is -0.139. The molecule has 1 heterocycles. The monoisotopic (exact) mass is 259 g/mol. The zero-order valence-corrected chi connectivity index (χ0v) is 9.50. The molecule has 0 aliphatic carbocycles. The maximum absolute atomic E-state index is 11.1. The fourth-order valence-electron chi connectivity index (χ4n) is 1.00. The van der Waals surface area contributed by atoms with Crippen LogP contribution in [0.1, 0.15) is 5.56 Å². The molecule has 1 aromatic rings. The van der Waals surface area contributed by atoms with Gasteiger partial charge in [-0.25, -0.2) is 4.98 Å². The molecule has 4 nitrogen and oxygen atoms in total. The molecule has 0 aliphatic rings. The number of esters is 1. The van der Waals surface area contributed by atoms with Gasteiger partial charge in [0.1, 0.15) is 0 Å². The van der Waals surface area contributed by atoms with Crippen molar-refractivity contribution in [3.8, 4) is 5.88 Å². The molecule has 0 aromatic carbocycles. The molecular formula is C9H10BrNO3. The molecule has 0 atom stereocenters. The van der Waals surface area contributed by atoms with Crippen LogP contribution in [0.3, 0.4) is 0 Å². The van der Waals surface area contributed by atoms with Crippen molar-refractivity contribution in [1.29, 1.82) is 0 Å². The van der Waals surface area contributed by atoms with Gasteiger partial charge in [0.2, 0.25) is 5.88 Å². The van der Waals surface area contributed by atoms with Crippen molar-refractivity contribution in [3.05, 3.63) is 22.3 Å². The molecule has 0 bridgehead atoms. The van der Waals surface area contributed by atoms with Crippen LogP contribution in [0.5, 0.6) is 5.88 Å². The zero-order chi connectivity index (χ0) is 10.6. The highest BCUT2D eigenvalue weighted by Crippen LogP contribution is 2.24. The number of ether oxygens (including phenoxy) is 2. The topological polar surface area (TPSA) is 48.4 Å². The number of pyridine rings is 1. The van der Waals surface area contributed by atoms with E-state index < -0.39 is 0 Å². The Hall–Kier alpha value is -1.10. The molecule has 5 heteroatoms. The maximum Gasteiger partial charge on any atom is 0.310 e. The van der Waals surface area contributed by atoms with E-state index in [1.807, 2.05) is 0 Å². The normalized spacial score (nSPS) is 9.64. The van der Waals surface area contributed by atoms with E-state index in [9.17, 15) is 4.79 Å². The number of methoxy groups -OCH3 is 2. The Bertz CT molecular complexity index is 341. The lowest BCUT2D eigenvalue weighted by Gasteiger charge is -2.07. The van der Waals surface area contributed by atoms with E-state index in [4.69, 9.17) is 4.74 Å². The molecule has 76 valence electrons. The highest BCUT2D eigenvalue weighted by molar-refractivity contribution is 9.10. The van der Waals surface area contributed by atoms with Crippen LogP contribution in [0.4, 0.5) is 0 Å². The maximum atomic E-state index is 11.1. The summed E-state index contributed by atoms with van der Waals surface area (Å²) in [6, 6.07) is 1.75. The molecule has 1 rings (SSSR count). The lowest BCUT2D eigenvalue weighted by Crippen LogP contribution is -2.07. The number of halogens is 1. The van der Waals surface area contributed by atoms with Gasteiger partial charge in [0, 0.05) is 16.2 Å². The van der Waals surface area contributed by atoms with E-state index in [1.165, 1.54) is 14.2 Å². The average Bonchev–Trinajstić information content (AvgIpc) is 2.20. The molecular weight excluding hydrogens is 250 g/mol. The molecule has 0 saturated heterocycles. The Kier molecular flexibility index (Phi) is 3.88. The first-order valence-electron chi connectivity index (χ1n) is 3.93. The predicted octanol–water partition coefficient (Wildman–Crippen LogP) is 1.57. The number of hydrogen-bond donors (Lipinski definition) is 0. The Morgan fingerprint density at radius 1 is 1.57 bits per heavy atom. The third kappa shape index (κ3) is 2.45. The standard InChI is InChI=1S/C9H10BrNO3/c1-13-8(12)5-6-7(10)3-4-11-9(6)14-2/h3-4H,5H2,1-2H3. The van der Waals surface area contributed by atoms with Crippen LogP contribution in [0.25, 0.3) is 0 Å². The van der Waals surface area contributed by atoms with Gasteiger partial charge in [-0.2, -0.15) is 0 Å². The molecule has 0 fully saturated rings. The van der Waals surface area contributed by atoms with Crippen molar-refractivity contribution >= 4 is 21.9 Å². The number of hydrogen-bond acceptors (Lipinski definition) is 4. The van der Waals surface area contributed by atoms with Gasteiger partial charge in [0.05, 0.1) is 20.6 Å². The lowest BCUT2D eigenvalue weighted by atomic mass is 10.2. The van der Waals surface area contributed by atoms with Crippen LogP contribution in [0.15, 0.2) is 16.7 Å². The fourth-order valence-corrected chi connectivity index (χ4v) is 1.43. The Balaban J connectivity index is 2.98. The van der Waals surface area contributed by atoms with E-state index in [0.29, 0.717) is 11.4 Å². The molecule has 0 N–H and O–H groups in total. The molecule has 1 aromatic heterocycles. The van der Waals surface area contributed by atoms with Gasteiger partial charge in [-0.1, -0.05) is 15.9 Å². The summed E-state index contributed by atoms with van der Waals surface area (Å²) in [7, 11) is 2.86. The van der Waals surface area contributed by atoms with Crippen LogP contribution >= 0.6 is 15.9 Å². The largest absolute Gasteiger partial charge is 0.481 e. The predicted molar refractivity (Wildman–Crippen MR) is 54.2 cm³/mol. The van der Waals surface area contributed by atoms with Crippen LogP contribution in [-0.2, 0) is 16.0 Å². The van der Waals surface area contributed by atoms with E-state index in [0.717, 1.165) is 4.47 Å². The van der Waals surface area contributed by atoms with Crippen molar-refractivity contribution in [2.45, 2.75) is 6.42 Å². The van der Waals surface area contributed by atoms with E-state index >= 15 is 0 Å². The van der Waals surface area contributed by atoms with Gasteiger partial charge in [-0.3, -0.25) is 4.79 Å². The minimum atomic E-state index is -0.322. The molecule has 0 unspecified atom stereocenters. The van der Waals surface area contributed by atoms with E-state index in [1.54, 1.807) is 12.3 Å². The number of carbonyl (C=O) groups is 1. The van der Waals surface area contributed by atoms with Gasteiger partial charge in [-0.15, -0.1) is 0 Å². The van der Waals surface area contributed by atoms with Crippen molar-refractivity contribution < 1.29 is 14.3 Å². The fraction of sp³-hybridized carbons (Fsp3) is 0.333. The molecule has 14 heavy (non-hydrogen) atoms. The summed E-state index contributed by atoms with van der Waals surface area (Å²) < 4.78 is 10.4. The second kappa shape index (κ2) is 4.95. The number of rotatable bonds is 3. The number of aromatic nitrogens is 1. The van der Waals surface area contributed by atoms with Crippen LogP contribution < -0.4 is 4.74 Å². The summed E-state index contributed by atoms with van der Waals surface area (Å²) in [5.74, 6) is 0.113. The molecule has 0 radical (unpaired) electrons. The molecule has 0 amide bonds. The third-order valence-corrected chi connectivity index (χ3v) is 2.44. The summed E-state index contributed by atoms with van der Waals surface area (Å²) in [5.41, 5.74) is 0.696. The quantitative estimate of drug-likeness (QED) is 0.774. The van der Waals surface area contributed by atoms with Gasteiger partial charge >= 0.3 is 5.97 Å².